The molecular weight excluding hydrogens is 354 g/mol. The first-order valence-corrected chi connectivity index (χ1v) is 10.9. The van der Waals surface area contributed by atoms with Gasteiger partial charge in [-0.15, -0.1) is 0 Å². The van der Waals surface area contributed by atoms with Crippen LogP contribution in [0.4, 0.5) is 0 Å². The van der Waals surface area contributed by atoms with Crippen LogP contribution >= 0.6 is 0 Å². The fourth-order valence-corrected chi connectivity index (χ4v) is 7.50. The number of carbonyl (C=O) groups excluding carboxylic acids is 1. The highest BCUT2D eigenvalue weighted by Crippen LogP contribution is 2.66. The normalized spacial score (nSPS) is 42.9. The van der Waals surface area contributed by atoms with E-state index in [0.717, 1.165) is 30.9 Å². The standard InChI is InChI=1S/C23H33NO4/c1-14(24-28-13-21(26)27)18-6-7-19-17-5-4-15-12-16(25)8-10-22(15,2)20(17)9-11-23(18,19)3/h12,17-20H,4-11,13H2,1-3H3,(H,26,27)/t17-,18+,19?,20?,22-,23+/m1/s1. The van der Waals surface area contributed by atoms with Gasteiger partial charge in [-0.05, 0) is 86.5 Å². The number of fused-ring (bicyclic) bond motifs is 5. The fraction of sp³-hybridized carbons (Fsp3) is 0.783. The van der Waals surface area contributed by atoms with E-state index in [1.54, 1.807) is 0 Å². The van der Waals surface area contributed by atoms with Crippen molar-refractivity contribution in [2.24, 2.45) is 39.7 Å². The summed E-state index contributed by atoms with van der Waals surface area (Å²) in [6, 6.07) is 0. The SMILES string of the molecule is CC(=NOCC(=O)O)[C@@H]1CCC2[C@H]3CCC4=CC(=O)CC[C@@]4(C)C3CC[C@]21C. The van der Waals surface area contributed by atoms with E-state index in [-0.39, 0.29) is 17.4 Å². The molecule has 0 saturated heterocycles. The summed E-state index contributed by atoms with van der Waals surface area (Å²) in [7, 11) is 0. The second-order valence-electron chi connectivity index (χ2n) is 10.0. The molecular formula is C23H33NO4. The van der Waals surface area contributed by atoms with Crippen molar-refractivity contribution in [3.8, 4) is 0 Å². The highest BCUT2D eigenvalue weighted by atomic mass is 16.6. The van der Waals surface area contributed by atoms with E-state index in [1.165, 1.54) is 31.3 Å². The molecule has 6 atom stereocenters. The zero-order valence-corrected chi connectivity index (χ0v) is 17.4. The third-order valence-corrected chi connectivity index (χ3v) is 8.86. The number of hydrogen-bond donors (Lipinski definition) is 1. The molecule has 2 unspecified atom stereocenters. The Morgan fingerprint density at radius 2 is 1.96 bits per heavy atom. The van der Waals surface area contributed by atoms with Gasteiger partial charge in [0.25, 0.3) is 0 Å². The molecule has 4 aliphatic rings. The van der Waals surface area contributed by atoms with Crippen LogP contribution in [-0.4, -0.2) is 29.2 Å². The molecule has 154 valence electrons. The molecule has 0 aromatic heterocycles. The third-order valence-electron chi connectivity index (χ3n) is 8.86. The second kappa shape index (κ2) is 7.00. The van der Waals surface area contributed by atoms with Crippen molar-refractivity contribution in [1.82, 2.24) is 0 Å². The van der Waals surface area contributed by atoms with E-state index in [0.29, 0.717) is 30.0 Å². The zero-order chi connectivity index (χ0) is 20.1. The lowest BCUT2D eigenvalue weighted by Gasteiger charge is -2.58. The van der Waals surface area contributed by atoms with Crippen LogP contribution in [0.5, 0.6) is 0 Å². The Bertz CT molecular complexity index is 741. The Labute approximate surface area is 167 Å². The second-order valence-corrected chi connectivity index (χ2v) is 10.0. The maximum atomic E-state index is 12.0. The molecule has 4 rings (SSSR count). The lowest BCUT2D eigenvalue weighted by atomic mass is 9.46. The van der Waals surface area contributed by atoms with Gasteiger partial charge in [-0.25, -0.2) is 4.79 Å². The van der Waals surface area contributed by atoms with E-state index in [4.69, 9.17) is 9.94 Å². The Morgan fingerprint density at radius 1 is 1.18 bits per heavy atom. The van der Waals surface area contributed by atoms with Crippen LogP contribution in [0.2, 0.25) is 0 Å². The molecule has 0 amide bonds. The lowest BCUT2D eigenvalue weighted by molar-refractivity contribution is -0.142. The van der Waals surface area contributed by atoms with Crippen LogP contribution in [0.3, 0.4) is 0 Å². The number of rotatable bonds is 4. The van der Waals surface area contributed by atoms with Crippen LogP contribution in [0.15, 0.2) is 16.8 Å². The molecule has 0 spiro atoms. The average Bonchev–Trinajstić information content (AvgIpc) is 2.99. The summed E-state index contributed by atoms with van der Waals surface area (Å²) < 4.78 is 0. The van der Waals surface area contributed by atoms with Gasteiger partial charge < -0.3 is 9.94 Å². The summed E-state index contributed by atoms with van der Waals surface area (Å²) in [5.74, 6) is 1.82. The maximum absolute atomic E-state index is 12.0. The zero-order valence-electron chi connectivity index (χ0n) is 17.4. The van der Waals surface area contributed by atoms with Crippen LogP contribution < -0.4 is 0 Å². The molecule has 5 nitrogen and oxygen atoms in total. The van der Waals surface area contributed by atoms with Crippen LogP contribution in [0.1, 0.15) is 72.1 Å². The number of nitrogens with zero attached hydrogens (tertiary/aromatic N) is 1. The van der Waals surface area contributed by atoms with Gasteiger partial charge in [-0.2, -0.15) is 0 Å². The first-order valence-electron chi connectivity index (χ1n) is 10.9. The van der Waals surface area contributed by atoms with Gasteiger partial charge in [0.2, 0.25) is 6.61 Å². The molecule has 1 N–H and O–H groups in total. The molecule has 0 radical (unpaired) electrons. The van der Waals surface area contributed by atoms with Crippen molar-refractivity contribution in [3.05, 3.63) is 11.6 Å². The Balaban J connectivity index is 1.55. The number of carbonyl (C=O) groups is 2. The van der Waals surface area contributed by atoms with Gasteiger partial charge in [0.1, 0.15) is 0 Å². The molecule has 0 aliphatic heterocycles. The third kappa shape index (κ3) is 3.02. The van der Waals surface area contributed by atoms with Gasteiger partial charge in [-0.1, -0.05) is 24.6 Å². The van der Waals surface area contributed by atoms with Crippen LogP contribution in [0.25, 0.3) is 0 Å². The van der Waals surface area contributed by atoms with Gasteiger partial charge in [0.15, 0.2) is 5.78 Å². The first-order chi connectivity index (χ1) is 13.3. The number of allylic oxidation sites excluding steroid dienone is 1. The predicted octanol–water partition coefficient (Wildman–Crippen LogP) is 4.61. The highest BCUT2D eigenvalue weighted by Gasteiger charge is 2.59. The number of oxime groups is 1. The molecule has 0 aromatic carbocycles. The average molecular weight is 388 g/mol. The van der Waals surface area contributed by atoms with Gasteiger partial charge in [0.05, 0.1) is 5.71 Å². The number of aliphatic carboxylic acids is 1. The van der Waals surface area contributed by atoms with E-state index in [2.05, 4.69) is 19.0 Å². The number of carboxylic acid groups (broad SMARTS) is 1. The van der Waals surface area contributed by atoms with Crippen LogP contribution in [-0.2, 0) is 14.4 Å². The largest absolute Gasteiger partial charge is 0.479 e. The van der Waals surface area contributed by atoms with E-state index in [1.807, 2.05) is 13.0 Å². The molecule has 3 saturated carbocycles. The van der Waals surface area contributed by atoms with Crippen molar-refractivity contribution in [3.63, 3.8) is 0 Å². The Kier molecular flexibility index (Phi) is 4.91. The van der Waals surface area contributed by atoms with Crippen LogP contribution in [0, 0.1) is 34.5 Å². The fourth-order valence-electron chi connectivity index (χ4n) is 7.50. The summed E-state index contributed by atoms with van der Waals surface area (Å²) in [6.07, 6.45) is 10.7. The minimum atomic E-state index is -0.988. The van der Waals surface area contributed by atoms with Gasteiger partial charge in [-0.3, -0.25) is 4.79 Å². The monoisotopic (exact) mass is 387 g/mol. The summed E-state index contributed by atoms with van der Waals surface area (Å²) in [4.78, 5) is 27.7. The summed E-state index contributed by atoms with van der Waals surface area (Å²) in [5, 5.41) is 12.9. The molecule has 28 heavy (non-hydrogen) atoms. The Morgan fingerprint density at radius 3 is 2.71 bits per heavy atom. The van der Waals surface area contributed by atoms with Crippen molar-refractivity contribution in [1.29, 1.82) is 0 Å². The quantitative estimate of drug-likeness (QED) is 0.564. The number of hydrogen-bond acceptors (Lipinski definition) is 4. The first kappa shape index (κ1) is 19.7. The molecule has 0 heterocycles. The Hall–Kier alpha value is -1.65. The van der Waals surface area contributed by atoms with E-state index < -0.39 is 5.97 Å². The van der Waals surface area contributed by atoms with Crippen molar-refractivity contribution >= 4 is 17.5 Å². The molecule has 0 aromatic rings. The van der Waals surface area contributed by atoms with Crippen molar-refractivity contribution in [2.75, 3.05) is 6.61 Å². The van der Waals surface area contributed by atoms with Crippen molar-refractivity contribution in [2.45, 2.75) is 72.1 Å². The minimum absolute atomic E-state index is 0.212. The van der Waals surface area contributed by atoms with E-state index >= 15 is 0 Å². The lowest BCUT2D eigenvalue weighted by Crippen LogP contribution is -2.51. The number of ketones is 1. The van der Waals surface area contributed by atoms with E-state index in [9.17, 15) is 9.59 Å². The minimum Gasteiger partial charge on any atom is -0.479 e. The molecule has 0 bridgehead atoms. The topological polar surface area (TPSA) is 76.0 Å². The highest BCUT2D eigenvalue weighted by molar-refractivity contribution is 5.91. The van der Waals surface area contributed by atoms with Crippen molar-refractivity contribution < 1.29 is 19.5 Å². The predicted molar refractivity (Wildman–Crippen MR) is 107 cm³/mol. The van der Waals surface area contributed by atoms with Gasteiger partial charge >= 0.3 is 5.97 Å². The maximum Gasteiger partial charge on any atom is 0.344 e. The van der Waals surface area contributed by atoms with Gasteiger partial charge in [0, 0.05) is 12.3 Å². The molecule has 3 fully saturated rings. The molecule has 4 aliphatic carbocycles. The number of carboxylic acids is 1. The smallest absolute Gasteiger partial charge is 0.344 e. The summed E-state index contributed by atoms with van der Waals surface area (Å²) >= 11 is 0. The molecule has 5 heteroatoms. The summed E-state index contributed by atoms with van der Waals surface area (Å²) in [5.41, 5.74) is 2.81. The summed E-state index contributed by atoms with van der Waals surface area (Å²) in [6.45, 7) is 6.48.